The molecule has 10 heavy (non-hydrogen) atoms. The van der Waals surface area contributed by atoms with Crippen molar-refractivity contribution in [3.05, 3.63) is 11.6 Å². The van der Waals surface area contributed by atoms with Crippen molar-refractivity contribution in [2.75, 3.05) is 0 Å². The SMILES string of the molecule is CC(C)=CC1CCC(C)N1. The van der Waals surface area contributed by atoms with Crippen LogP contribution in [-0.4, -0.2) is 12.1 Å². The Morgan fingerprint density at radius 1 is 1.40 bits per heavy atom. The fourth-order valence-electron chi connectivity index (χ4n) is 1.50. The smallest absolute Gasteiger partial charge is 0.0255 e. The monoisotopic (exact) mass is 139 g/mol. The van der Waals surface area contributed by atoms with Crippen molar-refractivity contribution in [2.45, 2.75) is 45.7 Å². The van der Waals surface area contributed by atoms with Crippen LogP contribution in [0.2, 0.25) is 0 Å². The molecule has 1 N–H and O–H groups in total. The van der Waals surface area contributed by atoms with E-state index in [4.69, 9.17) is 0 Å². The zero-order chi connectivity index (χ0) is 7.56. The molecule has 1 heteroatoms. The van der Waals surface area contributed by atoms with E-state index in [-0.39, 0.29) is 0 Å². The third kappa shape index (κ3) is 2.14. The fourth-order valence-corrected chi connectivity index (χ4v) is 1.50. The topological polar surface area (TPSA) is 12.0 Å². The van der Waals surface area contributed by atoms with Gasteiger partial charge < -0.3 is 5.32 Å². The molecular formula is C9H17N. The predicted molar refractivity (Wildman–Crippen MR) is 45.1 cm³/mol. The molecule has 0 aliphatic carbocycles. The summed E-state index contributed by atoms with van der Waals surface area (Å²) in [5, 5.41) is 3.51. The molecule has 1 nitrogen and oxygen atoms in total. The van der Waals surface area contributed by atoms with Crippen LogP contribution in [0.1, 0.15) is 33.6 Å². The molecule has 0 saturated carbocycles. The Morgan fingerprint density at radius 2 is 2.10 bits per heavy atom. The molecule has 0 aromatic rings. The Balaban J connectivity index is 2.38. The number of rotatable bonds is 1. The number of nitrogens with one attached hydrogen (secondary N) is 1. The highest BCUT2D eigenvalue weighted by Crippen LogP contribution is 2.13. The zero-order valence-electron chi connectivity index (χ0n) is 7.15. The first-order valence-electron chi connectivity index (χ1n) is 4.09. The minimum Gasteiger partial charge on any atom is -0.308 e. The van der Waals surface area contributed by atoms with Gasteiger partial charge in [-0.3, -0.25) is 0 Å². The van der Waals surface area contributed by atoms with Crippen LogP contribution < -0.4 is 5.32 Å². The van der Waals surface area contributed by atoms with Gasteiger partial charge in [0.05, 0.1) is 0 Å². The van der Waals surface area contributed by atoms with Crippen LogP contribution in [0.25, 0.3) is 0 Å². The van der Waals surface area contributed by atoms with E-state index in [1.165, 1.54) is 18.4 Å². The van der Waals surface area contributed by atoms with Crippen LogP contribution in [0.15, 0.2) is 11.6 Å². The summed E-state index contributed by atoms with van der Waals surface area (Å²) in [7, 11) is 0. The van der Waals surface area contributed by atoms with Gasteiger partial charge in [0.1, 0.15) is 0 Å². The second-order valence-electron chi connectivity index (χ2n) is 3.50. The average Bonchev–Trinajstić information content (AvgIpc) is 2.13. The van der Waals surface area contributed by atoms with E-state index >= 15 is 0 Å². The summed E-state index contributed by atoms with van der Waals surface area (Å²) >= 11 is 0. The molecule has 0 bridgehead atoms. The Kier molecular flexibility index (Phi) is 2.50. The van der Waals surface area contributed by atoms with Crippen molar-refractivity contribution >= 4 is 0 Å². The van der Waals surface area contributed by atoms with Gasteiger partial charge in [-0.1, -0.05) is 11.6 Å². The van der Waals surface area contributed by atoms with Gasteiger partial charge >= 0.3 is 0 Å². The van der Waals surface area contributed by atoms with E-state index < -0.39 is 0 Å². The van der Waals surface area contributed by atoms with Gasteiger partial charge in [-0.2, -0.15) is 0 Å². The average molecular weight is 139 g/mol. The van der Waals surface area contributed by atoms with Crippen molar-refractivity contribution < 1.29 is 0 Å². The normalized spacial score (nSPS) is 32.3. The van der Waals surface area contributed by atoms with Crippen LogP contribution in [0.5, 0.6) is 0 Å². The number of allylic oxidation sites excluding steroid dienone is 1. The van der Waals surface area contributed by atoms with Crippen molar-refractivity contribution in [1.29, 1.82) is 0 Å². The maximum absolute atomic E-state index is 3.51. The molecule has 58 valence electrons. The highest BCUT2D eigenvalue weighted by molar-refractivity contribution is 5.03. The Hall–Kier alpha value is -0.300. The number of hydrogen-bond donors (Lipinski definition) is 1. The van der Waals surface area contributed by atoms with E-state index in [1.807, 2.05) is 0 Å². The van der Waals surface area contributed by atoms with Gasteiger partial charge in [0.15, 0.2) is 0 Å². The first kappa shape index (κ1) is 7.80. The fraction of sp³-hybridized carbons (Fsp3) is 0.778. The third-order valence-electron chi connectivity index (χ3n) is 1.94. The van der Waals surface area contributed by atoms with Crippen LogP contribution in [0.4, 0.5) is 0 Å². The van der Waals surface area contributed by atoms with Gasteiger partial charge in [-0.25, -0.2) is 0 Å². The molecule has 0 aromatic heterocycles. The van der Waals surface area contributed by atoms with E-state index in [0.717, 1.165) is 6.04 Å². The molecule has 1 heterocycles. The van der Waals surface area contributed by atoms with Gasteiger partial charge in [-0.05, 0) is 33.6 Å². The molecule has 0 radical (unpaired) electrons. The molecule has 0 amide bonds. The summed E-state index contributed by atoms with van der Waals surface area (Å²) < 4.78 is 0. The van der Waals surface area contributed by atoms with Crippen molar-refractivity contribution in [3.63, 3.8) is 0 Å². The van der Waals surface area contributed by atoms with E-state index in [0.29, 0.717) is 6.04 Å². The lowest BCUT2D eigenvalue weighted by molar-refractivity contribution is 0.625. The maximum atomic E-state index is 3.51. The number of hydrogen-bond acceptors (Lipinski definition) is 1. The van der Waals surface area contributed by atoms with Crippen LogP contribution in [0, 0.1) is 0 Å². The Morgan fingerprint density at radius 3 is 2.50 bits per heavy atom. The second-order valence-corrected chi connectivity index (χ2v) is 3.50. The highest BCUT2D eigenvalue weighted by atomic mass is 15.0. The molecule has 1 aliphatic heterocycles. The first-order valence-corrected chi connectivity index (χ1v) is 4.09. The molecule has 1 saturated heterocycles. The molecule has 0 aromatic carbocycles. The van der Waals surface area contributed by atoms with Gasteiger partial charge in [0.25, 0.3) is 0 Å². The summed E-state index contributed by atoms with van der Waals surface area (Å²) in [6.07, 6.45) is 4.96. The van der Waals surface area contributed by atoms with Crippen molar-refractivity contribution in [2.24, 2.45) is 0 Å². The van der Waals surface area contributed by atoms with E-state index in [9.17, 15) is 0 Å². The summed E-state index contributed by atoms with van der Waals surface area (Å²) in [6.45, 7) is 6.56. The lowest BCUT2D eigenvalue weighted by atomic mass is 10.1. The Bertz CT molecular complexity index is 134. The van der Waals surface area contributed by atoms with Crippen molar-refractivity contribution in [1.82, 2.24) is 5.32 Å². The summed E-state index contributed by atoms with van der Waals surface area (Å²) in [6, 6.07) is 1.38. The Labute approximate surface area is 63.5 Å². The quantitative estimate of drug-likeness (QED) is 0.548. The van der Waals surface area contributed by atoms with Crippen LogP contribution >= 0.6 is 0 Å². The summed E-state index contributed by atoms with van der Waals surface area (Å²) in [4.78, 5) is 0. The molecule has 0 spiro atoms. The minimum absolute atomic E-state index is 0.653. The lowest BCUT2D eigenvalue weighted by Gasteiger charge is -2.06. The maximum Gasteiger partial charge on any atom is 0.0255 e. The van der Waals surface area contributed by atoms with Crippen LogP contribution in [-0.2, 0) is 0 Å². The largest absolute Gasteiger partial charge is 0.308 e. The van der Waals surface area contributed by atoms with E-state index in [1.54, 1.807) is 0 Å². The highest BCUT2D eigenvalue weighted by Gasteiger charge is 2.16. The second kappa shape index (κ2) is 3.20. The molecule has 1 aliphatic rings. The standard InChI is InChI=1S/C9H17N/c1-7(2)6-9-5-4-8(3)10-9/h6,8-10H,4-5H2,1-3H3. The molecule has 1 rings (SSSR count). The lowest BCUT2D eigenvalue weighted by Crippen LogP contribution is -2.25. The van der Waals surface area contributed by atoms with E-state index in [2.05, 4.69) is 32.2 Å². The minimum atomic E-state index is 0.653. The van der Waals surface area contributed by atoms with Gasteiger partial charge in [-0.15, -0.1) is 0 Å². The summed E-state index contributed by atoms with van der Waals surface area (Å²) in [5.74, 6) is 0. The third-order valence-corrected chi connectivity index (χ3v) is 1.94. The molecule has 2 unspecified atom stereocenters. The zero-order valence-corrected chi connectivity index (χ0v) is 7.15. The van der Waals surface area contributed by atoms with Crippen LogP contribution in [0.3, 0.4) is 0 Å². The first-order chi connectivity index (χ1) is 4.68. The molecular weight excluding hydrogens is 122 g/mol. The summed E-state index contributed by atoms with van der Waals surface area (Å²) in [5.41, 5.74) is 1.42. The van der Waals surface area contributed by atoms with Gasteiger partial charge in [0.2, 0.25) is 0 Å². The molecule has 1 fully saturated rings. The molecule has 2 atom stereocenters. The van der Waals surface area contributed by atoms with Gasteiger partial charge in [0, 0.05) is 12.1 Å². The van der Waals surface area contributed by atoms with Crippen molar-refractivity contribution in [3.8, 4) is 0 Å². The predicted octanol–water partition coefficient (Wildman–Crippen LogP) is 2.09.